The Kier molecular flexibility index (Phi) is 7.38. The maximum atomic E-state index is 12.6. The van der Waals surface area contributed by atoms with Gasteiger partial charge in [0.1, 0.15) is 12.4 Å². The molecule has 0 bridgehead atoms. The minimum Gasteiger partial charge on any atom is -0.489 e. The first kappa shape index (κ1) is 21.2. The van der Waals surface area contributed by atoms with Crippen molar-refractivity contribution in [3.05, 3.63) is 90.0 Å². The van der Waals surface area contributed by atoms with E-state index in [0.717, 1.165) is 40.6 Å². The molecule has 0 heterocycles. The number of nitrogens with one attached hydrogen (secondary N) is 1. The number of anilines is 2. The number of ketones is 1. The van der Waals surface area contributed by atoms with E-state index in [9.17, 15) is 4.79 Å². The van der Waals surface area contributed by atoms with E-state index < -0.39 is 0 Å². The smallest absolute Gasteiger partial charge is 0.162 e. The first-order valence-corrected chi connectivity index (χ1v) is 11.4. The maximum Gasteiger partial charge on any atom is 0.162 e. The molecule has 3 aromatic carbocycles. The van der Waals surface area contributed by atoms with Crippen molar-refractivity contribution in [1.29, 1.82) is 0 Å². The molecule has 1 saturated carbocycles. The van der Waals surface area contributed by atoms with Crippen molar-refractivity contribution in [2.45, 2.75) is 51.6 Å². The predicted octanol–water partition coefficient (Wildman–Crippen LogP) is 7.55. The topological polar surface area (TPSA) is 38.3 Å². The SMILES string of the molecule is O=C(CCCC1CCCC1)c1cccc(Nc2ccc(OCc3ccccc3)cc2)c1. The van der Waals surface area contributed by atoms with E-state index in [-0.39, 0.29) is 5.78 Å². The average molecular weight is 414 g/mol. The second-order valence-corrected chi connectivity index (χ2v) is 8.47. The highest BCUT2D eigenvalue weighted by molar-refractivity contribution is 5.97. The zero-order valence-electron chi connectivity index (χ0n) is 18.1. The second kappa shape index (κ2) is 10.8. The van der Waals surface area contributed by atoms with Gasteiger partial charge in [0.05, 0.1) is 0 Å². The molecule has 0 saturated heterocycles. The van der Waals surface area contributed by atoms with Crippen molar-refractivity contribution >= 4 is 17.2 Å². The van der Waals surface area contributed by atoms with Crippen LogP contribution in [0.5, 0.6) is 5.75 Å². The van der Waals surface area contributed by atoms with Crippen molar-refractivity contribution in [1.82, 2.24) is 0 Å². The lowest BCUT2D eigenvalue weighted by atomic mass is 9.98. The molecule has 0 spiro atoms. The number of hydrogen-bond donors (Lipinski definition) is 1. The lowest BCUT2D eigenvalue weighted by Gasteiger charge is -2.11. The summed E-state index contributed by atoms with van der Waals surface area (Å²) in [4.78, 5) is 12.6. The van der Waals surface area contributed by atoms with Crippen LogP contribution in [0.15, 0.2) is 78.9 Å². The Morgan fingerprint density at radius 2 is 1.65 bits per heavy atom. The minimum absolute atomic E-state index is 0.242. The quantitative estimate of drug-likeness (QED) is 0.349. The molecule has 1 N–H and O–H groups in total. The van der Waals surface area contributed by atoms with Gasteiger partial charge in [-0.2, -0.15) is 0 Å². The summed E-state index contributed by atoms with van der Waals surface area (Å²) in [5, 5.41) is 3.39. The van der Waals surface area contributed by atoms with E-state index in [2.05, 4.69) is 17.4 Å². The summed E-state index contributed by atoms with van der Waals surface area (Å²) in [5.74, 6) is 1.92. The maximum absolute atomic E-state index is 12.6. The number of benzene rings is 3. The molecule has 31 heavy (non-hydrogen) atoms. The fourth-order valence-corrected chi connectivity index (χ4v) is 4.31. The predicted molar refractivity (Wildman–Crippen MR) is 127 cm³/mol. The van der Waals surface area contributed by atoms with Crippen LogP contribution >= 0.6 is 0 Å². The molecule has 0 amide bonds. The molecule has 0 atom stereocenters. The molecular weight excluding hydrogens is 382 g/mol. The Hall–Kier alpha value is -3.07. The van der Waals surface area contributed by atoms with Gasteiger partial charge in [-0.1, -0.05) is 74.6 Å². The van der Waals surface area contributed by atoms with E-state index in [1.807, 2.05) is 66.7 Å². The fourth-order valence-electron chi connectivity index (χ4n) is 4.31. The molecule has 3 heteroatoms. The van der Waals surface area contributed by atoms with Crippen molar-refractivity contribution < 1.29 is 9.53 Å². The van der Waals surface area contributed by atoms with Gasteiger partial charge < -0.3 is 10.1 Å². The van der Waals surface area contributed by atoms with Crippen LogP contribution in [0, 0.1) is 5.92 Å². The normalized spacial score (nSPS) is 13.8. The Morgan fingerprint density at radius 1 is 0.871 bits per heavy atom. The van der Waals surface area contributed by atoms with Gasteiger partial charge in [0.15, 0.2) is 5.78 Å². The first-order valence-electron chi connectivity index (χ1n) is 11.4. The summed E-state index contributed by atoms with van der Waals surface area (Å²) in [6.45, 7) is 0.554. The third kappa shape index (κ3) is 6.45. The molecule has 1 aliphatic rings. The molecule has 0 aliphatic heterocycles. The van der Waals surface area contributed by atoms with Crippen LogP contribution in [0.1, 0.15) is 60.9 Å². The van der Waals surface area contributed by atoms with E-state index in [4.69, 9.17) is 4.74 Å². The molecule has 0 aromatic heterocycles. The average Bonchev–Trinajstić information content (AvgIpc) is 3.33. The Labute approximate surface area is 185 Å². The summed E-state index contributed by atoms with van der Waals surface area (Å²) >= 11 is 0. The fraction of sp³-hybridized carbons (Fsp3) is 0.321. The van der Waals surface area contributed by atoms with Gasteiger partial charge in [0.25, 0.3) is 0 Å². The molecule has 0 radical (unpaired) electrons. The number of carbonyl (C=O) groups excluding carboxylic acids is 1. The van der Waals surface area contributed by atoms with Gasteiger partial charge in [-0.05, 0) is 54.3 Å². The molecular formula is C28H31NO2. The number of Topliss-reactive ketones (excluding diaryl/α,β-unsaturated/α-hetero) is 1. The van der Waals surface area contributed by atoms with Gasteiger partial charge in [-0.25, -0.2) is 0 Å². The lowest BCUT2D eigenvalue weighted by Crippen LogP contribution is -2.02. The zero-order chi connectivity index (χ0) is 21.3. The Balaban J connectivity index is 1.28. The van der Waals surface area contributed by atoms with Gasteiger partial charge in [0.2, 0.25) is 0 Å². The van der Waals surface area contributed by atoms with Crippen LogP contribution in [0.25, 0.3) is 0 Å². The van der Waals surface area contributed by atoms with Crippen molar-refractivity contribution in [2.24, 2.45) is 5.92 Å². The van der Waals surface area contributed by atoms with Crippen LogP contribution in [0.2, 0.25) is 0 Å². The Bertz CT molecular complexity index is 960. The third-order valence-corrected chi connectivity index (χ3v) is 6.07. The number of carbonyl (C=O) groups is 1. The molecule has 4 rings (SSSR count). The molecule has 1 aliphatic carbocycles. The monoisotopic (exact) mass is 413 g/mol. The number of rotatable bonds is 10. The summed E-state index contributed by atoms with van der Waals surface area (Å²) in [7, 11) is 0. The summed E-state index contributed by atoms with van der Waals surface area (Å²) < 4.78 is 5.85. The van der Waals surface area contributed by atoms with Gasteiger partial charge in [0, 0.05) is 23.4 Å². The molecule has 160 valence electrons. The summed E-state index contributed by atoms with van der Waals surface area (Å²) in [6.07, 6.45) is 8.29. The Morgan fingerprint density at radius 3 is 2.42 bits per heavy atom. The van der Waals surface area contributed by atoms with Crippen LogP contribution in [-0.2, 0) is 6.61 Å². The molecule has 3 nitrogen and oxygen atoms in total. The molecule has 1 fully saturated rings. The second-order valence-electron chi connectivity index (χ2n) is 8.47. The highest BCUT2D eigenvalue weighted by Gasteiger charge is 2.15. The highest BCUT2D eigenvalue weighted by Crippen LogP contribution is 2.29. The van der Waals surface area contributed by atoms with Crippen molar-refractivity contribution in [3.8, 4) is 5.75 Å². The lowest BCUT2D eigenvalue weighted by molar-refractivity contribution is 0.0977. The highest BCUT2D eigenvalue weighted by atomic mass is 16.5. The zero-order valence-corrected chi connectivity index (χ0v) is 18.1. The van der Waals surface area contributed by atoms with Crippen LogP contribution in [0.4, 0.5) is 11.4 Å². The van der Waals surface area contributed by atoms with Crippen molar-refractivity contribution in [3.63, 3.8) is 0 Å². The largest absolute Gasteiger partial charge is 0.489 e. The molecule has 3 aromatic rings. The van der Waals surface area contributed by atoms with Gasteiger partial charge in [-0.15, -0.1) is 0 Å². The van der Waals surface area contributed by atoms with Gasteiger partial charge >= 0.3 is 0 Å². The number of hydrogen-bond acceptors (Lipinski definition) is 3. The van der Waals surface area contributed by atoms with Crippen LogP contribution in [0.3, 0.4) is 0 Å². The van der Waals surface area contributed by atoms with Gasteiger partial charge in [-0.3, -0.25) is 4.79 Å². The van der Waals surface area contributed by atoms with Crippen LogP contribution < -0.4 is 10.1 Å². The van der Waals surface area contributed by atoms with E-state index in [1.54, 1.807) is 0 Å². The van der Waals surface area contributed by atoms with E-state index in [1.165, 1.54) is 32.1 Å². The minimum atomic E-state index is 0.242. The summed E-state index contributed by atoms with van der Waals surface area (Å²) in [5.41, 5.74) is 3.84. The molecule has 0 unspecified atom stereocenters. The van der Waals surface area contributed by atoms with E-state index >= 15 is 0 Å². The van der Waals surface area contributed by atoms with Crippen LogP contribution in [-0.4, -0.2) is 5.78 Å². The first-order chi connectivity index (χ1) is 15.3. The summed E-state index contributed by atoms with van der Waals surface area (Å²) in [6, 6.07) is 25.9. The third-order valence-electron chi connectivity index (χ3n) is 6.07. The van der Waals surface area contributed by atoms with E-state index in [0.29, 0.717) is 13.0 Å². The standard InChI is InChI=1S/C28H31NO2/c30-28(15-6-12-22-8-4-5-9-22)24-13-7-14-26(20-24)29-25-16-18-27(19-17-25)31-21-23-10-2-1-3-11-23/h1-3,7,10-11,13-14,16-20,22,29H,4-6,8-9,12,15,21H2. The van der Waals surface area contributed by atoms with Crippen molar-refractivity contribution in [2.75, 3.05) is 5.32 Å². The number of ether oxygens (including phenoxy) is 1.